The highest BCUT2D eigenvalue weighted by Gasteiger charge is 2.38. The molecule has 518 valence electrons. The number of urea groups is 2. The van der Waals surface area contributed by atoms with Gasteiger partial charge in [0, 0.05) is 76.6 Å². The highest BCUT2D eigenvalue weighted by molar-refractivity contribution is 6.04. The van der Waals surface area contributed by atoms with Gasteiger partial charge in [-0.1, -0.05) is 0 Å². The molecule has 0 radical (unpaired) electrons. The predicted octanol–water partition coefficient (Wildman–Crippen LogP) is -15.4. The van der Waals surface area contributed by atoms with Gasteiger partial charge >= 0.3 is 12.1 Å². The number of carbonyl (C=O) groups is 14. The average molecular weight is 1320 g/mol. The van der Waals surface area contributed by atoms with Gasteiger partial charge in [-0.05, 0) is 58.5 Å². The summed E-state index contributed by atoms with van der Waals surface area (Å²) in [5, 5.41) is 48.1. The number of nitrogens with zero attached hydrogens (tertiary/aromatic N) is 2. The van der Waals surface area contributed by atoms with Crippen molar-refractivity contribution in [2.24, 2.45) is 67.3 Å². The van der Waals surface area contributed by atoms with Crippen molar-refractivity contribution in [1.29, 1.82) is 0 Å². The molecule has 0 saturated carbocycles. The molecule has 12 atom stereocenters. The van der Waals surface area contributed by atoms with Crippen LogP contribution >= 0.6 is 0 Å². The van der Waals surface area contributed by atoms with Crippen LogP contribution in [0.15, 0.2) is 33.8 Å². The molecule has 43 heteroatoms. The quantitative estimate of drug-likeness (QED) is 0.0534. The van der Waals surface area contributed by atoms with Gasteiger partial charge in [0.25, 0.3) is 11.8 Å². The third-order valence-electron chi connectivity index (χ3n) is 13.7. The predicted molar refractivity (Wildman–Crippen MR) is 328 cm³/mol. The van der Waals surface area contributed by atoms with Crippen LogP contribution in [0.5, 0.6) is 0 Å². The number of nitrogens with one attached hydrogen (secondary N) is 16. The number of guanidine groups is 2. The molecule has 0 spiro atoms. The third kappa shape index (κ3) is 27.5. The minimum atomic E-state index is -1.63. The molecule has 43 nitrogen and oxygen atoms in total. The maximum Gasteiger partial charge on any atom is 0.316 e. The topological polar surface area (TPSA) is 737 Å². The van der Waals surface area contributed by atoms with Crippen molar-refractivity contribution in [2.45, 2.75) is 131 Å². The lowest BCUT2D eigenvalue weighted by molar-refractivity contribution is -0.134. The molecule has 0 aromatic carbocycles. The summed E-state index contributed by atoms with van der Waals surface area (Å²) >= 11 is 0. The van der Waals surface area contributed by atoms with E-state index in [4.69, 9.17) is 57.3 Å². The zero-order valence-electron chi connectivity index (χ0n) is 50.9. The molecular weight excluding hydrogens is 1230 g/mol. The Labute approximate surface area is 531 Å². The first-order valence-electron chi connectivity index (χ1n) is 29.2. The van der Waals surface area contributed by atoms with E-state index >= 15 is 0 Å². The Morgan fingerprint density at radius 3 is 1.31 bits per heavy atom. The van der Waals surface area contributed by atoms with Crippen LogP contribution in [0.4, 0.5) is 9.59 Å². The molecular formula is C50H88N28O15. The van der Waals surface area contributed by atoms with Gasteiger partial charge in [-0.15, -0.1) is 0 Å². The second kappa shape index (κ2) is 39.2. The Morgan fingerprint density at radius 1 is 0.548 bits per heavy atom. The van der Waals surface area contributed by atoms with E-state index in [1.165, 1.54) is 6.92 Å². The minimum Gasteiger partial charge on any atom is -0.394 e. The van der Waals surface area contributed by atoms with Gasteiger partial charge in [-0.2, -0.15) is 0 Å². The fourth-order valence-electron chi connectivity index (χ4n) is 8.63. The lowest BCUT2D eigenvalue weighted by Gasteiger charge is -2.31. The van der Waals surface area contributed by atoms with Crippen LogP contribution in [0.25, 0.3) is 0 Å². The van der Waals surface area contributed by atoms with Crippen LogP contribution in [0, 0.1) is 0 Å². The average Bonchev–Trinajstić information content (AvgIpc) is 0.943. The summed E-state index contributed by atoms with van der Waals surface area (Å²) in [6.45, 7) is -0.284. The summed E-state index contributed by atoms with van der Waals surface area (Å²) in [6.07, 6.45) is 3.86. The van der Waals surface area contributed by atoms with Crippen molar-refractivity contribution < 1.29 is 72.2 Å². The first-order valence-corrected chi connectivity index (χ1v) is 29.2. The number of aliphatic imine (C=N–C) groups is 2. The molecule has 0 bridgehead atoms. The smallest absolute Gasteiger partial charge is 0.316 e. The molecule has 2 fully saturated rings. The maximum atomic E-state index is 13.5. The SMILES string of the molecule is C[C@@H]1NC(=O)[C@@H](N)CNC(=O)[C@H](C2CCN=C(N)N2)NC(=O)/C(=C/NC(N)=O)NC(=O)[C@H](CNC(=O)C[C@@H](N)CCCN)NC1=O.NCCC[C@H](N)CC(=O)NC[C@@H]1NC(=O)[C@H](CO)NC(=O)[C@@H](N)CNC(=O)[C@H](C2CCN=C(N)N2)NC(=O)/C(=C/NC(N)=O)NC1=O. The first kappa shape index (κ1) is 77.2. The largest absolute Gasteiger partial charge is 0.394 e. The summed E-state index contributed by atoms with van der Waals surface area (Å²) in [7, 11) is 0. The second-order valence-corrected chi connectivity index (χ2v) is 21.3. The number of hydrogen-bond donors (Lipinski definition) is 27. The van der Waals surface area contributed by atoms with Gasteiger partial charge in [0.2, 0.25) is 59.1 Å². The number of aliphatic hydroxyl groups excluding tert-OH is 1. The van der Waals surface area contributed by atoms with E-state index in [0.717, 1.165) is 12.4 Å². The zero-order chi connectivity index (χ0) is 69.5. The molecule has 4 heterocycles. The summed E-state index contributed by atoms with van der Waals surface area (Å²) in [6, 6.07) is -16.3. The Balaban J connectivity index is 0.000000485. The van der Waals surface area contributed by atoms with E-state index in [0.29, 0.717) is 38.8 Å². The molecule has 2 saturated heterocycles. The zero-order valence-corrected chi connectivity index (χ0v) is 50.9. The number of aliphatic hydroxyl groups is 1. The van der Waals surface area contributed by atoms with Crippen LogP contribution in [0.2, 0.25) is 0 Å². The van der Waals surface area contributed by atoms with Crippen LogP contribution in [-0.2, 0) is 57.5 Å². The van der Waals surface area contributed by atoms with E-state index in [1.807, 2.05) is 5.32 Å². The Hall–Kier alpha value is -10.1. The molecule has 2 unspecified atom stereocenters. The lowest BCUT2D eigenvalue weighted by Crippen LogP contribution is -2.64. The number of amides is 16. The lowest BCUT2D eigenvalue weighted by atomic mass is 10.0. The van der Waals surface area contributed by atoms with E-state index < -0.39 is 193 Å². The Bertz CT molecular complexity index is 2840. The van der Waals surface area contributed by atoms with Crippen molar-refractivity contribution in [3.05, 3.63) is 23.8 Å². The van der Waals surface area contributed by atoms with Crippen molar-refractivity contribution in [1.82, 2.24) is 85.1 Å². The molecule has 37 N–H and O–H groups in total. The van der Waals surface area contributed by atoms with Crippen molar-refractivity contribution in [3.63, 3.8) is 0 Å². The maximum absolute atomic E-state index is 13.5. The molecule has 4 aliphatic rings. The summed E-state index contributed by atoms with van der Waals surface area (Å²) < 4.78 is 0. The minimum absolute atomic E-state index is 0.0101. The van der Waals surface area contributed by atoms with E-state index in [-0.39, 0.29) is 57.2 Å². The number of hydrogen-bond acceptors (Lipinski definition) is 27. The summed E-state index contributed by atoms with van der Waals surface area (Å²) in [5.74, 6) is -10.7. The summed E-state index contributed by atoms with van der Waals surface area (Å²) in [5.41, 5.74) is 55.2. The highest BCUT2D eigenvalue weighted by atomic mass is 16.3. The van der Waals surface area contributed by atoms with Gasteiger partial charge in [-0.25, -0.2) is 9.59 Å². The van der Waals surface area contributed by atoms with Crippen LogP contribution in [-0.4, -0.2) is 231 Å². The monoisotopic (exact) mass is 1320 g/mol. The fourth-order valence-corrected chi connectivity index (χ4v) is 8.63. The van der Waals surface area contributed by atoms with Crippen LogP contribution < -0.4 is 142 Å². The van der Waals surface area contributed by atoms with Crippen molar-refractivity contribution in [2.75, 3.05) is 59.0 Å². The van der Waals surface area contributed by atoms with Gasteiger partial charge in [0.05, 0.1) is 18.7 Å². The second-order valence-electron chi connectivity index (χ2n) is 21.3. The van der Waals surface area contributed by atoms with Gasteiger partial charge in [0.1, 0.15) is 59.7 Å². The molecule has 0 aromatic heterocycles. The normalized spacial score (nSPS) is 26.5. The van der Waals surface area contributed by atoms with Gasteiger partial charge in [0.15, 0.2) is 11.9 Å². The number of nitrogens with two attached hydrogens (primary N) is 10. The first-order chi connectivity index (χ1) is 44.0. The molecule has 0 aromatic rings. The number of rotatable bonds is 19. The van der Waals surface area contributed by atoms with E-state index in [2.05, 4.69) is 89.7 Å². The Morgan fingerprint density at radius 2 is 0.935 bits per heavy atom. The molecule has 4 aliphatic heterocycles. The standard InChI is InChI=1S/C25H44N14O8.C25H44N14O7/c26-4-1-2-11(27)6-17(41)32-8-14-20(43)35-15(9-34-25(30)47)21(44)39-18(13-3-5-31-24(29)38-13)23(46)33-7-12(28)19(42)37-16(10-40)22(45)36-14;1-11-19(41)36-15(9-32-17(40)7-12(27)3-2-5-26)21(43)37-16(10-34-25(30)46)22(44)39-18(14-4-6-31-24(29)38-14)23(45)33-8-13(28)20(42)35-11/h9,11-14,16,18,40H,1-8,10,26-28H2,(H,32,41)(H,33,46)(H,35,43)(H,36,45)(H,37,42)(H,39,44)(H3,29,31,38)(H3,30,34,47);10-15,18H,2-9,26-28H2,1H3,(H,32,40)(H,33,45)(H,35,42)(H,36,41)(H,37,43)(H,39,44)(H3,29,31,38)(H3,30,34,46)/b15-9-;16-10-/t11-,12-,13?,14-,16-,18-;11-,12-,13-,14?,15-,18-/m00/s1. The Kier molecular flexibility index (Phi) is 32.6. The number of carbonyl (C=O) groups excluding carboxylic acids is 14. The molecule has 16 amide bonds. The number of primary amides is 2. The molecule has 4 rings (SSSR count). The fraction of sp³-hybridized carbons (Fsp3) is 0.600. The summed E-state index contributed by atoms with van der Waals surface area (Å²) in [4.78, 5) is 188. The van der Waals surface area contributed by atoms with Gasteiger partial charge < -0.3 is 148 Å². The van der Waals surface area contributed by atoms with E-state index in [1.54, 1.807) is 0 Å². The van der Waals surface area contributed by atoms with Gasteiger partial charge in [-0.3, -0.25) is 67.5 Å². The van der Waals surface area contributed by atoms with Crippen molar-refractivity contribution >= 4 is 94.9 Å². The van der Waals surface area contributed by atoms with Crippen molar-refractivity contribution in [3.8, 4) is 0 Å². The highest BCUT2D eigenvalue weighted by Crippen LogP contribution is 2.10. The third-order valence-corrected chi connectivity index (χ3v) is 13.7. The van der Waals surface area contributed by atoms with Crippen LogP contribution in [0.1, 0.15) is 58.3 Å². The van der Waals surface area contributed by atoms with Crippen LogP contribution in [0.3, 0.4) is 0 Å². The molecule has 93 heavy (non-hydrogen) atoms. The molecule has 0 aliphatic carbocycles. The van der Waals surface area contributed by atoms with E-state index in [9.17, 15) is 72.2 Å².